The molecule has 0 aliphatic heterocycles. The summed E-state index contributed by atoms with van der Waals surface area (Å²) in [6.07, 6.45) is 1.76. The SMILES string of the molecule is COCCNC(=O)CNC(=O)/C(=C/c1ccccc1OC)c1ccccc1. The van der Waals surface area contributed by atoms with Crippen molar-refractivity contribution in [1.29, 1.82) is 0 Å². The lowest BCUT2D eigenvalue weighted by atomic mass is 10.0. The van der Waals surface area contributed by atoms with E-state index in [9.17, 15) is 9.59 Å². The molecule has 0 aromatic heterocycles. The van der Waals surface area contributed by atoms with Crippen LogP contribution in [0.1, 0.15) is 11.1 Å². The second kappa shape index (κ2) is 10.8. The normalized spacial score (nSPS) is 11.0. The lowest BCUT2D eigenvalue weighted by molar-refractivity contribution is -0.123. The maximum atomic E-state index is 12.8. The first kappa shape index (κ1) is 20.2. The first-order valence-corrected chi connectivity index (χ1v) is 8.59. The molecule has 0 spiro atoms. The predicted octanol–water partition coefficient (Wildman–Crippen LogP) is 2.11. The monoisotopic (exact) mass is 368 g/mol. The van der Waals surface area contributed by atoms with E-state index in [1.165, 1.54) is 0 Å². The van der Waals surface area contributed by atoms with E-state index in [1.807, 2.05) is 54.6 Å². The summed E-state index contributed by atoms with van der Waals surface area (Å²) < 4.78 is 10.2. The van der Waals surface area contributed by atoms with Gasteiger partial charge in [0, 0.05) is 24.8 Å². The van der Waals surface area contributed by atoms with Crippen LogP contribution in [-0.2, 0) is 14.3 Å². The van der Waals surface area contributed by atoms with Crippen LogP contribution in [0.25, 0.3) is 11.6 Å². The molecule has 0 bridgehead atoms. The van der Waals surface area contributed by atoms with E-state index in [1.54, 1.807) is 20.3 Å². The Labute approximate surface area is 159 Å². The molecule has 0 saturated carbocycles. The minimum absolute atomic E-state index is 0.112. The van der Waals surface area contributed by atoms with Crippen molar-refractivity contribution in [2.75, 3.05) is 33.9 Å². The number of nitrogens with one attached hydrogen (secondary N) is 2. The number of para-hydroxylation sites is 1. The summed E-state index contributed by atoms with van der Waals surface area (Å²) in [5, 5.41) is 5.33. The molecular formula is C21H24N2O4. The summed E-state index contributed by atoms with van der Waals surface area (Å²) in [7, 11) is 3.14. The van der Waals surface area contributed by atoms with E-state index in [4.69, 9.17) is 9.47 Å². The minimum Gasteiger partial charge on any atom is -0.496 e. The molecule has 0 aliphatic carbocycles. The van der Waals surface area contributed by atoms with Crippen molar-refractivity contribution in [1.82, 2.24) is 10.6 Å². The van der Waals surface area contributed by atoms with E-state index in [-0.39, 0.29) is 18.4 Å². The summed E-state index contributed by atoms with van der Waals surface area (Å²) >= 11 is 0. The number of carbonyl (C=O) groups is 2. The number of benzene rings is 2. The molecule has 2 aromatic carbocycles. The second-order valence-corrected chi connectivity index (χ2v) is 5.69. The van der Waals surface area contributed by atoms with Gasteiger partial charge in [0.05, 0.1) is 20.3 Å². The molecule has 6 heteroatoms. The summed E-state index contributed by atoms with van der Waals surface area (Å²) in [6, 6.07) is 16.7. The summed E-state index contributed by atoms with van der Waals surface area (Å²) in [4.78, 5) is 24.6. The van der Waals surface area contributed by atoms with Gasteiger partial charge in [0.15, 0.2) is 0 Å². The number of hydrogen-bond acceptors (Lipinski definition) is 4. The molecule has 0 radical (unpaired) electrons. The van der Waals surface area contributed by atoms with Gasteiger partial charge in [-0.3, -0.25) is 9.59 Å². The zero-order chi connectivity index (χ0) is 19.5. The Hall–Kier alpha value is -3.12. The van der Waals surface area contributed by atoms with Gasteiger partial charge in [-0.05, 0) is 17.7 Å². The highest BCUT2D eigenvalue weighted by atomic mass is 16.5. The van der Waals surface area contributed by atoms with Crippen LogP contribution in [-0.4, -0.2) is 45.7 Å². The highest BCUT2D eigenvalue weighted by molar-refractivity contribution is 6.24. The Bertz CT molecular complexity index is 788. The molecule has 27 heavy (non-hydrogen) atoms. The lowest BCUT2D eigenvalue weighted by Gasteiger charge is -2.11. The largest absolute Gasteiger partial charge is 0.496 e. The van der Waals surface area contributed by atoms with Crippen LogP contribution < -0.4 is 15.4 Å². The minimum atomic E-state index is -0.339. The summed E-state index contributed by atoms with van der Waals surface area (Å²) in [5.41, 5.74) is 1.98. The molecule has 2 rings (SSSR count). The Morgan fingerprint density at radius 3 is 2.37 bits per heavy atom. The van der Waals surface area contributed by atoms with E-state index in [2.05, 4.69) is 10.6 Å². The van der Waals surface area contributed by atoms with Crippen molar-refractivity contribution < 1.29 is 19.1 Å². The van der Waals surface area contributed by atoms with Gasteiger partial charge in [-0.15, -0.1) is 0 Å². The van der Waals surface area contributed by atoms with Gasteiger partial charge >= 0.3 is 0 Å². The number of amides is 2. The fourth-order valence-corrected chi connectivity index (χ4v) is 2.45. The van der Waals surface area contributed by atoms with Crippen molar-refractivity contribution in [2.45, 2.75) is 0 Å². The topological polar surface area (TPSA) is 76.7 Å². The third-order valence-electron chi connectivity index (χ3n) is 3.81. The third kappa shape index (κ3) is 6.27. The van der Waals surface area contributed by atoms with E-state index in [0.29, 0.717) is 24.5 Å². The Morgan fingerprint density at radius 1 is 0.963 bits per heavy atom. The molecule has 0 fully saturated rings. The zero-order valence-corrected chi connectivity index (χ0v) is 15.5. The van der Waals surface area contributed by atoms with E-state index < -0.39 is 0 Å². The highest BCUT2D eigenvalue weighted by Crippen LogP contribution is 2.24. The molecule has 0 aliphatic rings. The predicted molar refractivity (Wildman–Crippen MR) is 105 cm³/mol. The first-order valence-electron chi connectivity index (χ1n) is 8.59. The van der Waals surface area contributed by atoms with Crippen LogP contribution in [0.4, 0.5) is 0 Å². The van der Waals surface area contributed by atoms with E-state index in [0.717, 1.165) is 11.1 Å². The van der Waals surface area contributed by atoms with Crippen molar-refractivity contribution in [3.63, 3.8) is 0 Å². The second-order valence-electron chi connectivity index (χ2n) is 5.69. The van der Waals surface area contributed by atoms with Crippen LogP contribution in [0, 0.1) is 0 Å². The fourth-order valence-electron chi connectivity index (χ4n) is 2.45. The molecule has 142 valence electrons. The van der Waals surface area contributed by atoms with Crippen LogP contribution in [0.2, 0.25) is 0 Å². The average molecular weight is 368 g/mol. The molecule has 2 aromatic rings. The van der Waals surface area contributed by atoms with Gasteiger partial charge in [0.25, 0.3) is 5.91 Å². The van der Waals surface area contributed by atoms with Crippen molar-refractivity contribution in [3.05, 3.63) is 65.7 Å². The standard InChI is InChI=1S/C21H24N2O4/c1-26-13-12-22-20(24)15-23-21(25)18(16-8-4-3-5-9-16)14-17-10-6-7-11-19(17)27-2/h3-11,14H,12-13,15H2,1-2H3,(H,22,24)(H,23,25)/b18-14+. The van der Waals surface area contributed by atoms with Crippen LogP contribution >= 0.6 is 0 Å². The van der Waals surface area contributed by atoms with Gasteiger partial charge < -0.3 is 20.1 Å². The van der Waals surface area contributed by atoms with E-state index >= 15 is 0 Å². The number of ether oxygens (including phenoxy) is 2. The molecular weight excluding hydrogens is 344 g/mol. The van der Waals surface area contributed by atoms with Gasteiger partial charge in [0.1, 0.15) is 5.75 Å². The maximum absolute atomic E-state index is 12.8. The molecule has 0 saturated heterocycles. The Kier molecular flexibility index (Phi) is 8.06. The summed E-state index contributed by atoms with van der Waals surface area (Å²) in [5.74, 6) is 0.0511. The third-order valence-corrected chi connectivity index (χ3v) is 3.81. The lowest BCUT2D eigenvalue weighted by Crippen LogP contribution is -2.38. The van der Waals surface area contributed by atoms with Gasteiger partial charge in [-0.1, -0.05) is 48.5 Å². The zero-order valence-electron chi connectivity index (χ0n) is 15.5. The first-order chi connectivity index (χ1) is 13.2. The van der Waals surface area contributed by atoms with Crippen molar-refractivity contribution >= 4 is 23.5 Å². The molecule has 2 amide bonds. The number of carbonyl (C=O) groups excluding carboxylic acids is 2. The van der Waals surface area contributed by atoms with Crippen LogP contribution in [0.5, 0.6) is 5.75 Å². The van der Waals surface area contributed by atoms with Gasteiger partial charge in [0.2, 0.25) is 5.91 Å². The quantitative estimate of drug-likeness (QED) is 0.404. The maximum Gasteiger partial charge on any atom is 0.252 e. The smallest absolute Gasteiger partial charge is 0.252 e. The fraction of sp³-hybridized carbons (Fsp3) is 0.238. The average Bonchev–Trinajstić information content (AvgIpc) is 2.71. The molecule has 6 nitrogen and oxygen atoms in total. The molecule has 0 atom stereocenters. The van der Waals surface area contributed by atoms with Crippen LogP contribution in [0.3, 0.4) is 0 Å². The molecule has 2 N–H and O–H groups in total. The van der Waals surface area contributed by atoms with Gasteiger partial charge in [-0.2, -0.15) is 0 Å². The number of hydrogen-bond donors (Lipinski definition) is 2. The van der Waals surface area contributed by atoms with Crippen molar-refractivity contribution in [3.8, 4) is 5.75 Å². The molecule has 0 heterocycles. The highest BCUT2D eigenvalue weighted by Gasteiger charge is 2.14. The Balaban J connectivity index is 2.19. The molecule has 0 unspecified atom stereocenters. The van der Waals surface area contributed by atoms with Gasteiger partial charge in [-0.25, -0.2) is 0 Å². The number of rotatable bonds is 9. The van der Waals surface area contributed by atoms with Crippen LogP contribution in [0.15, 0.2) is 54.6 Å². The Morgan fingerprint density at radius 2 is 1.67 bits per heavy atom. The number of methoxy groups -OCH3 is 2. The summed E-state index contributed by atoms with van der Waals surface area (Å²) in [6.45, 7) is 0.703. The van der Waals surface area contributed by atoms with Crippen molar-refractivity contribution in [2.24, 2.45) is 0 Å².